The smallest absolute Gasteiger partial charge is 0.0267 e. The van der Waals surface area contributed by atoms with Gasteiger partial charge < -0.3 is 0 Å². The highest BCUT2D eigenvalue weighted by molar-refractivity contribution is 7.45. The van der Waals surface area contributed by atoms with Gasteiger partial charge in [0.15, 0.2) is 0 Å². The molecule has 147 valence electrons. The maximum Gasteiger partial charge on any atom is -0.0267 e. The van der Waals surface area contributed by atoms with Gasteiger partial charge in [-0.3, -0.25) is 0 Å². The van der Waals surface area contributed by atoms with Gasteiger partial charge in [-0.2, -0.15) is 0 Å². The molecule has 0 saturated heterocycles. The largest absolute Gasteiger partial charge is 0.0834 e. The molecular formula is C24H46P. The first-order chi connectivity index (χ1) is 12.4. The van der Waals surface area contributed by atoms with Crippen molar-refractivity contribution >= 4 is 8.58 Å². The Hall–Kier alpha value is -0.0900. The van der Waals surface area contributed by atoms with E-state index in [9.17, 15) is 0 Å². The lowest BCUT2D eigenvalue weighted by molar-refractivity contribution is 0.577. The molecule has 1 radical (unpaired) electrons. The molecule has 0 nitrogen and oxygen atoms in total. The highest BCUT2D eigenvalue weighted by atomic mass is 31.1. The molecule has 0 unspecified atom stereocenters. The Morgan fingerprint density at radius 1 is 0.440 bits per heavy atom. The molecule has 0 N–H and O–H groups in total. The summed E-state index contributed by atoms with van der Waals surface area (Å²) in [4.78, 5) is 0. The molecule has 0 aromatic carbocycles. The van der Waals surface area contributed by atoms with Gasteiger partial charge in [0.1, 0.15) is 0 Å². The van der Waals surface area contributed by atoms with E-state index in [0.29, 0.717) is 0 Å². The van der Waals surface area contributed by atoms with Gasteiger partial charge in [-0.1, -0.05) is 128 Å². The molecule has 0 bridgehead atoms. The molecule has 0 heterocycles. The van der Waals surface area contributed by atoms with Crippen LogP contribution in [0.1, 0.15) is 129 Å². The molecule has 0 saturated carbocycles. The second-order valence-electron chi connectivity index (χ2n) is 7.45. The molecule has 25 heavy (non-hydrogen) atoms. The average molecular weight is 366 g/mol. The van der Waals surface area contributed by atoms with E-state index in [0.717, 1.165) is 0 Å². The summed E-state index contributed by atoms with van der Waals surface area (Å²) in [6.07, 6.45) is 30.0. The van der Waals surface area contributed by atoms with Crippen LogP contribution >= 0.6 is 8.58 Å². The van der Waals surface area contributed by atoms with Crippen LogP contribution in [0, 0.1) is 0 Å². The number of allylic oxidation sites excluding steroid dienone is 2. The Balaban J connectivity index is 3.14. The molecule has 1 heteroatoms. The normalized spacial score (nSPS) is 12.4. The number of hydrogen-bond donors (Lipinski definition) is 0. The Kier molecular flexibility index (Phi) is 23.8. The molecule has 0 spiro atoms. The number of hydrogen-bond acceptors (Lipinski definition) is 0. The van der Waals surface area contributed by atoms with Crippen molar-refractivity contribution in [3.05, 3.63) is 23.8 Å². The second kappa shape index (κ2) is 23.9. The van der Waals surface area contributed by atoms with Gasteiger partial charge in [0, 0.05) is 0 Å². The topological polar surface area (TPSA) is 0 Å². The van der Waals surface area contributed by atoms with E-state index in [1.165, 1.54) is 124 Å². The standard InChI is InChI=1S/C24H46P/c1-3-5-7-9-11-13-15-17-19-21-23-25-24-22-20-18-16-14-12-10-8-6-4-2/h21-24H,3-20H2,1-2H3. The minimum absolute atomic E-state index is 1.27. The molecular weight excluding hydrogens is 319 g/mol. The van der Waals surface area contributed by atoms with Crippen molar-refractivity contribution in [1.29, 1.82) is 0 Å². The van der Waals surface area contributed by atoms with Crippen LogP contribution in [0.15, 0.2) is 23.8 Å². The van der Waals surface area contributed by atoms with E-state index >= 15 is 0 Å². The fourth-order valence-electron chi connectivity index (χ4n) is 3.11. The van der Waals surface area contributed by atoms with Gasteiger partial charge in [-0.25, -0.2) is 0 Å². The number of unbranched alkanes of at least 4 members (excludes halogenated alkanes) is 16. The van der Waals surface area contributed by atoms with Gasteiger partial charge >= 0.3 is 0 Å². The maximum atomic E-state index is 2.37. The molecule has 0 aliphatic carbocycles. The third kappa shape index (κ3) is 23.9. The zero-order valence-corrected chi connectivity index (χ0v) is 18.4. The first-order valence-corrected chi connectivity index (χ1v) is 12.4. The third-order valence-corrected chi connectivity index (χ3v) is 5.60. The summed E-state index contributed by atoms with van der Waals surface area (Å²) in [5.74, 6) is 4.65. The van der Waals surface area contributed by atoms with E-state index in [1.807, 2.05) is 0 Å². The highest BCUT2D eigenvalue weighted by Crippen LogP contribution is 2.17. The molecule has 0 aliphatic heterocycles. The second-order valence-corrected chi connectivity index (χ2v) is 8.34. The van der Waals surface area contributed by atoms with Crippen LogP contribution in [0.4, 0.5) is 0 Å². The van der Waals surface area contributed by atoms with Crippen molar-refractivity contribution in [3.8, 4) is 0 Å². The molecule has 0 rings (SSSR count). The fourth-order valence-corrected chi connectivity index (χ4v) is 3.75. The first kappa shape index (κ1) is 24.9. The lowest BCUT2D eigenvalue weighted by Crippen LogP contribution is -1.79. The summed E-state index contributed by atoms with van der Waals surface area (Å²) in [5, 5.41) is 0. The van der Waals surface area contributed by atoms with Gasteiger partial charge in [0.2, 0.25) is 0 Å². The Labute approximate surface area is 162 Å². The summed E-state index contributed by atoms with van der Waals surface area (Å²) < 4.78 is 0. The van der Waals surface area contributed by atoms with Crippen molar-refractivity contribution in [3.63, 3.8) is 0 Å². The SMILES string of the molecule is CCCCCCCCCCC=C[P]C=CCCCCCCCCCC. The first-order valence-electron chi connectivity index (χ1n) is 11.4. The zero-order valence-electron chi connectivity index (χ0n) is 17.5. The third-order valence-electron chi connectivity index (χ3n) is 4.83. The maximum absolute atomic E-state index is 2.37. The molecule has 0 fully saturated rings. The molecule has 0 aliphatic rings. The van der Waals surface area contributed by atoms with Gasteiger partial charge in [0.25, 0.3) is 0 Å². The zero-order chi connectivity index (χ0) is 18.3. The van der Waals surface area contributed by atoms with Crippen LogP contribution < -0.4 is 0 Å². The van der Waals surface area contributed by atoms with E-state index in [2.05, 4.69) is 37.6 Å². The van der Waals surface area contributed by atoms with Crippen LogP contribution in [0.3, 0.4) is 0 Å². The Morgan fingerprint density at radius 3 is 1.12 bits per heavy atom. The van der Waals surface area contributed by atoms with Gasteiger partial charge in [-0.15, -0.1) is 0 Å². The highest BCUT2D eigenvalue weighted by Gasteiger charge is 1.91. The van der Waals surface area contributed by atoms with Crippen molar-refractivity contribution < 1.29 is 0 Å². The Bertz CT molecular complexity index is 252. The van der Waals surface area contributed by atoms with Gasteiger partial charge in [-0.05, 0) is 34.3 Å². The van der Waals surface area contributed by atoms with Crippen LogP contribution in [0.25, 0.3) is 0 Å². The fraction of sp³-hybridized carbons (Fsp3) is 0.833. The van der Waals surface area contributed by atoms with E-state index in [4.69, 9.17) is 0 Å². The summed E-state index contributed by atoms with van der Waals surface area (Å²) in [6, 6.07) is 0. The minimum atomic E-state index is 1.27. The summed E-state index contributed by atoms with van der Waals surface area (Å²) >= 11 is 0. The van der Waals surface area contributed by atoms with Crippen molar-refractivity contribution in [2.45, 2.75) is 129 Å². The lowest BCUT2D eigenvalue weighted by atomic mass is 10.1. The lowest BCUT2D eigenvalue weighted by Gasteiger charge is -1.99. The van der Waals surface area contributed by atoms with Gasteiger partial charge in [0.05, 0.1) is 0 Å². The molecule has 0 aromatic heterocycles. The van der Waals surface area contributed by atoms with E-state index < -0.39 is 0 Å². The molecule has 0 aromatic rings. The predicted octanol–water partition coefficient (Wildman–Crippen LogP) is 10.0. The predicted molar refractivity (Wildman–Crippen MR) is 120 cm³/mol. The quantitative estimate of drug-likeness (QED) is 0.149. The van der Waals surface area contributed by atoms with Crippen LogP contribution in [0.5, 0.6) is 0 Å². The molecule has 0 atom stereocenters. The van der Waals surface area contributed by atoms with E-state index in [-0.39, 0.29) is 0 Å². The summed E-state index contributed by atoms with van der Waals surface area (Å²) in [6.45, 7) is 4.58. The van der Waals surface area contributed by atoms with Crippen molar-refractivity contribution in [2.24, 2.45) is 0 Å². The molecule has 0 amide bonds. The summed E-state index contributed by atoms with van der Waals surface area (Å²) in [5.41, 5.74) is 0. The van der Waals surface area contributed by atoms with E-state index in [1.54, 1.807) is 0 Å². The van der Waals surface area contributed by atoms with Crippen molar-refractivity contribution in [2.75, 3.05) is 0 Å². The van der Waals surface area contributed by atoms with Crippen molar-refractivity contribution in [1.82, 2.24) is 0 Å². The summed E-state index contributed by atoms with van der Waals surface area (Å²) in [7, 11) is 1.37. The van der Waals surface area contributed by atoms with Crippen LogP contribution in [0.2, 0.25) is 0 Å². The Morgan fingerprint density at radius 2 is 0.760 bits per heavy atom. The van der Waals surface area contributed by atoms with Crippen LogP contribution in [-0.4, -0.2) is 0 Å². The average Bonchev–Trinajstić information content (AvgIpc) is 2.63. The number of rotatable bonds is 20. The van der Waals surface area contributed by atoms with Crippen LogP contribution in [-0.2, 0) is 0 Å². The monoisotopic (exact) mass is 365 g/mol. The minimum Gasteiger partial charge on any atom is -0.0834 e.